The molecule has 1 heterocycles. The molecule has 0 atom stereocenters. The van der Waals surface area contributed by atoms with Crippen molar-refractivity contribution in [2.45, 2.75) is 11.8 Å². The zero-order valence-electron chi connectivity index (χ0n) is 13.6. The van der Waals surface area contributed by atoms with Crippen molar-refractivity contribution in [1.29, 1.82) is 0 Å². The second-order valence-corrected chi connectivity index (χ2v) is 7.14. The van der Waals surface area contributed by atoms with E-state index in [4.69, 9.17) is 4.74 Å². The molecule has 0 saturated heterocycles. The highest BCUT2D eigenvalue weighted by molar-refractivity contribution is 9.10. The fourth-order valence-corrected chi connectivity index (χ4v) is 3.20. The van der Waals surface area contributed by atoms with Crippen LogP contribution in [0.25, 0.3) is 0 Å². The molecule has 0 amide bonds. The van der Waals surface area contributed by atoms with E-state index in [-0.39, 0.29) is 5.78 Å². The third kappa shape index (κ3) is 4.70. The Labute approximate surface area is 158 Å². The highest BCUT2D eigenvalue weighted by Gasteiger charge is 2.13. The van der Waals surface area contributed by atoms with Gasteiger partial charge in [0.05, 0.1) is 5.75 Å². The first kappa shape index (κ1) is 17.7. The van der Waals surface area contributed by atoms with E-state index >= 15 is 0 Å². The van der Waals surface area contributed by atoms with E-state index in [1.165, 1.54) is 11.8 Å². The Hall–Kier alpha value is -2.12. The number of halogens is 1. The number of rotatable bonds is 7. The lowest BCUT2D eigenvalue weighted by molar-refractivity contribution is 0.102. The minimum Gasteiger partial charge on any atom is -0.486 e. The molecule has 0 bridgehead atoms. The van der Waals surface area contributed by atoms with E-state index in [0.29, 0.717) is 28.9 Å². The van der Waals surface area contributed by atoms with Crippen molar-refractivity contribution in [3.05, 3.63) is 70.5 Å². The normalized spacial score (nSPS) is 10.6. The Balaban J connectivity index is 1.57. The molecular formula is C18H16BrN3O2S. The van der Waals surface area contributed by atoms with Crippen LogP contribution in [0.1, 0.15) is 16.2 Å². The first-order chi connectivity index (χ1) is 12.1. The molecular weight excluding hydrogens is 402 g/mol. The molecule has 3 aromatic rings. The van der Waals surface area contributed by atoms with E-state index < -0.39 is 0 Å². The molecule has 0 aliphatic rings. The first-order valence-electron chi connectivity index (χ1n) is 7.61. The predicted octanol–water partition coefficient (Wildman–Crippen LogP) is 4.13. The Morgan fingerprint density at radius 2 is 1.84 bits per heavy atom. The summed E-state index contributed by atoms with van der Waals surface area (Å²) < 4.78 is 8.57. The number of thioether (sulfide) groups is 1. The number of ether oxygens (including phenoxy) is 1. The van der Waals surface area contributed by atoms with Crippen molar-refractivity contribution in [3.63, 3.8) is 0 Å². The highest BCUT2D eigenvalue weighted by atomic mass is 79.9. The maximum absolute atomic E-state index is 12.2. The van der Waals surface area contributed by atoms with Crippen LogP contribution in [0.5, 0.6) is 5.75 Å². The number of aromatic nitrogens is 3. The van der Waals surface area contributed by atoms with Gasteiger partial charge in [-0.05, 0) is 24.3 Å². The fraction of sp³-hybridized carbons (Fsp3) is 0.167. The van der Waals surface area contributed by atoms with Gasteiger partial charge in [0.1, 0.15) is 12.4 Å². The van der Waals surface area contributed by atoms with Crippen molar-refractivity contribution >= 4 is 33.5 Å². The van der Waals surface area contributed by atoms with E-state index in [2.05, 4.69) is 26.1 Å². The van der Waals surface area contributed by atoms with Crippen molar-refractivity contribution in [1.82, 2.24) is 14.8 Å². The van der Waals surface area contributed by atoms with Crippen LogP contribution in [-0.2, 0) is 13.7 Å². The molecule has 0 unspecified atom stereocenters. The molecule has 0 aliphatic heterocycles. The predicted molar refractivity (Wildman–Crippen MR) is 101 cm³/mol. The number of nitrogens with zero attached hydrogens (tertiary/aromatic N) is 3. The quantitative estimate of drug-likeness (QED) is 0.427. The van der Waals surface area contributed by atoms with Crippen LogP contribution < -0.4 is 4.74 Å². The van der Waals surface area contributed by atoms with E-state index in [1.807, 2.05) is 66.2 Å². The summed E-state index contributed by atoms with van der Waals surface area (Å²) in [6, 6.07) is 16.8. The number of carbonyl (C=O) groups excluding carboxylic acids is 1. The summed E-state index contributed by atoms with van der Waals surface area (Å²) in [6.07, 6.45) is 0. The summed E-state index contributed by atoms with van der Waals surface area (Å²) in [5, 5.41) is 8.98. The summed E-state index contributed by atoms with van der Waals surface area (Å²) in [5.41, 5.74) is 0.705. The van der Waals surface area contributed by atoms with Crippen molar-refractivity contribution in [2.75, 3.05) is 5.75 Å². The van der Waals surface area contributed by atoms with Crippen LogP contribution in [0.4, 0.5) is 0 Å². The van der Waals surface area contributed by atoms with Crippen molar-refractivity contribution in [3.8, 4) is 5.75 Å². The molecule has 0 saturated carbocycles. The number of hydrogen-bond acceptors (Lipinski definition) is 5. The molecule has 25 heavy (non-hydrogen) atoms. The second kappa shape index (κ2) is 8.31. The zero-order chi connectivity index (χ0) is 17.6. The monoisotopic (exact) mass is 417 g/mol. The Kier molecular flexibility index (Phi) is 5.88. The number of carbonyl (C=O) groups is 1. The maximum Gasteiger partial charge on any atom is 0.191 e. The fourth-order valence-electron chi connectivity index (χ4n) is 2.11. The molecule has 0 spiro atoms. The highest BCUT2D eigenvalue weighted by Crippen LogP contribution is 2.20. The molecule has 0 radical (unpaired) electrons. The summed E-state index contributed by atoms with van der Waals surface area (Å²) in [7, 11) is 1.87. The van der Waals surface area contributed by atoms with E-state index in [9.17, 15) is 4.79 Å². The van der Waals surface area contributed by atoms with Gasteiger partial charge in [-0.2, -0.15) is 0 Å². The largest absolute Gasteiger partial charge is 0.486 e. The lowest BCUT2D eigenvalue weighted by atomic mass is 10.2. The van der Waals surface area contributed by atoms with Gasteiger partial charge in [-0.3, -0.25) is 4.79 Å². The average Bonchev–Trinajstić information content (AvgIpc) is 3.00. The smallest absolute Gasteiger partial charge is 0.191 e. The lowest BCUT2D eigenvalue weighted by Gasteiger charge is -2.06. The molecule has 3 rings (SSSR count). The zero-order valence-corrected chi connectivity index (χ0v) is 16.0. The van der Waals surface area contributed by atoms with Gasteiger partial charge >= 0.3 is 0 Å². The molecule has 5 nitrogen and oxygen atoms in total. The van der Waals surface area contributed by atoms with Crippen LogP contribution in [0.15, 0.2) is 64.2 Å². The van der Waals surface area contributed by atoms with Gasteiger partial charge in [-0.25, -0.2) is 0 Å². The van der Waals surface area contributed by atoms with Crippen molar-refractivity contribution < 1.29 is 9.53 Å². The maximum atomic E-state index is 12.2. The molecule has 0 aliphatic carbocycles. The third-order valence-corrected chi connectivity index (χ3v) is 5.08. The van der Waals surface area contributed by atoms with Crippen LogP contribution in [0.2, 0.25) is 0 Å². The summed E-state index contributed by atoms with van der Waals surface area (Å²) in [4.78, 5) is 12.2. The van der Waals surface area contributed by atoms with Crippen LogP contribution in [0.3, 0.4) is 0 Å². The number of Topliss-reactive ketones (excluding diaryl/α,β-unsaturated/α-hetero) is 1. The molecule has 128 valence electrons. The van der Waals surface area contributed by atoms with Crippen LogP contribution in [0, 0.1) is 0 Å². The van der Waals surface area contributed by atoms with Gasteiger partial charge in [0.15, 0.2) is 16.8 Å². The van der Waals surface area contributed by atoms with Gasteiger partial charge in [0.2, 0.25) is 0 Å². The number of hydrogen-bond donors (Lipinski definition) is 0. The van der Waals surface area contributed by atoms with Crippen molar-refractivity contribution in [2.24, 2.45) is 7.05 Å². The average molecular weight is 418 g/mol. The SMILES string of the molecule is Cn1c(COc2ccc(Br)cc2)nnc1SCC(=O)c1ccccc1. The molecule has 7 heteroatoms. The first-order valence-corrected chi connectivity index (χ1v) is 9.39. The summed E-state index contributed by atoms with van der Waals surface area (Å²) in [5.74, 6) is 1.86. The molecule has 0 N–H and O–H groups in total. The van der Waals surface area contributed by atoms with E-state index in [1.54, 1.807) is 0 Å². The third-order valence-electron chi connectivity index (χ3n) is 3.53. The molecule has 1 aromatic heterocycles. The molecule has 0 fully saturated rings. The van der Waals surface area contributed by atoms with Gasteiger partial charge in [0, 0.05) is 17.1 Å². The van der Waals surface area contributed by atoms with Gasteiger partial charge < -0.3 is 9.30 Å². The summed E-state index contributed by atoms with van der Waals surface area (Å²) >= 11 is 4.76. The van der Waals surface area contributed by atoms with Crippen LogP contribution in [-0.4, -0.2) is 26.3 Å². The minimum absolute atomic E-state index is 0.0706. The summed E-state index contributed by atoms with van der Waals surface area (Å²) in [6.45, 7) is 0.318. The lowest BCUT2D eigenvalue weighted by Crippen LogP contribution is -2.06. The Morgan fingerprint density at radius 3 is 2.56 bits per heavy atom. The minimum atomic E-state index is 0.0706. The Morgan fingerprint density at radius 1 is 1.12 bits per heavy atom. The van der Waals surface area contributed by atoms with Gasteiger partial charge in [0.25, 0.3) is 0 Å². The van der Waals surface area contributed by atoms with Crippen LogP contribution >= 0.6 is 27.7 Å². The Bertz CT molecular complexity index is 851. The number of ketones is 1. The second-order valence-electron chi connectivity index (χ2n) is 5.28. The standard InChI is InChI=1S/C18H16BrN3O2S/c1-22-17(11-24-15-9-7-14(19)8-10-15)20-21-18(22)25-12-16(23)13-5-3-2-4-6-13/h2-10H,11-12H2,1H3. The van der Waals surface area contributed by atoms with Gasteiger partial charge in [-0.15, -0.1) is 10.2 Å². The molecule has 2 aromatic carbocycles. The topological polar surface area (TPSA) is 57.0 Å². The van der Waals surface area contributed by atoms with Gasteiger partial charge in [-0.1, -0.05) is 58.0 Å². The number of benzene rings is 2. The van der Waals surface area contributed by atoms with E-state index in [0.717, 1.165) is 10.2 Å².